The molecule has 0 unspecified atom stereocenters. The lowest BCUT2D eigenvalue weighted by Crippen LogP contribution is -2.60. The molecule has 1 aliphatic heterocycles. The molecule has 5 nitrogen and oxygen atoms in total. The van der Waals surface area contributed by atoms with Gasteiger partial charge >= 0.3 is 0 Å². The number of amides is 1. The Morgan fingerprint density at radius 2 is 2.13 bits per heavy atom. The van der Waals surface area contributed by atoms with Crippen LogP contribution in [0.5, 0.6) is 0 Å². The van der Waals surface area contributed by atoms with Crippen molar-refractivity contribution in [2.45, 2.75) is 30.8 Å². The van der Waals surface area contributed by atoms with Crippen molar-refractivity contribution in [1.82, 2.24) is 10.6 Å². The van der Waals surface area contributed by atoms with E-state index in [-0.39, 0.29) is 5.91 Å². The van der Waals surface area contributed by atoms with E-state index in [0.29, 0.717) is 19.3 Å². The molecule has 122 valence electrons. The third kappa shape index (κ3) is 3.44. The molecule has 1 aromatic carbocycles. The summed E-state index contributed by atoms with van der Waals surface area (Å²) < 4.78 is 1.19. The van der Waals surface area contributed by atoms with Gasteiger partial charge in [-0.15, -0.1) is 11.3 Å². The number of fused-ring (bicyclic) bond motifs is 1. The predicted molar refractivity (Wildman–Crippen MR) is 92.5 cm³/mol. The van der Waals surface area contributed by atoms with E-state index in [9.17, 15) is 9.59 Å². The van der Waals surface area contributed by atoms with E-state index in [1.165, 1.54) is 4.70 Å². The van der Waals surface area contributed by atoms with Gasteiger partial charge in [0.25, 0.3) is 0 Å². The molecule has 1 aliphatic rings. The third-order valence-electron chi connectivity index (χ3n) is 4.43. The van der Waals surface area contributed by atoms with E-state index in [2.05, 4.69) is 22.1 Å². The van der Waals surface area contributed by atoms with Crippen LogP contribution in [-0.4, -0.2) is 36.9 Å². The number of rotatable bonds is 5. The molecular weight excluding hydrogens is 310 g/mol. The van der Waals surface area contributed by atoms with Crippen LogP contribution in [0.1, 0.15) is 18.4 Å². The number of piperidine rings is 1. The lowest BCUT2D eigenvalue weighted by Gasteiger charge is -2.33. The van der Waals surface area contributed by atoms with Crippen molar-refractivity contribution in [3.05, 3.63) is 35.2 Å². The second kappa shape index (κ2) is 6.78. The molecule has 0 aliphatic carbocycles. The van der Waals surface area contributed by atoms with E-state index in [0.717, 1.165) is 30.3 Å². The van der Waals surface area contributed by atoms with Crippen LogP contribution in [0, 0.1) is 0 Å². The summed E-state index contributed by atoms with van der Waals surface area (Å²) in [5, 5.41) is 9.21. The Balaban J connectivity index is 1.70. The van der Waals surface area contributed by atoms with Gasteiger partial charge in [-0.25, -0.2) is 0 Å². The zero-order valence-electron chi connectivity index (χ0n) is 12.9. The summed E-state index contributed by atoms with van der Waals surface area (Å²) in [5.41, 5.74) is 6.41. The van der Waals surface area contributed by atoms with Gasteiger partial charge in [-0.3, -0.25) is 4.79 Å². The first-order valence-corrected chi connectivity index (χ1v) is 8.71. The zero-order chi connectivity index (χ0) is 16.3. The van der Waals surface area contributed by atoms with Gasteiger partial charge in [0.1, 0.15) is 6.29 Å². The summed E-state index contributed by atoms with van der Waals surface area (Å²) in [7, 11) is 0. The zero-order valence-corrected chi connectivity index (χ0v) is 13.7. The SMILES string of the molecule is NC1(C(=O)N[C@@H](C=O)Cc2csc3ccccc23)CCNCC1. The van der Waals surface area contributed by atoms with Crippen molar-refractivity contribution in [1.29, 1.82) is 0 Å². The summed E-state index contributed by atoms with van der Waals surface area (Å²) in [6, 6.07) is 7.54. The number of carbonyl (C=O) groups excluding carboxylic acids is 2. The Morgan fingerprint density at radius 1 is 1.39 bits per heavy atom. The van der Waals surface area contributed by atoms with Gasteiger partial charge in [0.05, 0.1) is 11.6 Å². The van der Waals surface area contributed by atoms with E-state index < -0.39 is 11.6 Å². The predicted octanol–water partition coefficient (Wildman–Crippen LogP) is 1.21. The lowest BCUT2D eigenvalue weighted by molar-refractivity contribution is -0.129. The van der Waals surface area contributed by atoms with Crippen molar-refractivity contribution in [2.75, 3.05) is 13.1 Å². The Kier molecular flexibility index (Phi) is 4.75. The Morgan fingerprint density at radius 3 is 2.87 bits per heavy atom. The normalized spacial score (nSPS) is 18.5. The molecule has 1 atom stereocenters. The van der Waals surface area contributed by atoms with Crippen molar-refractivity contribution in [3.8, 4) is 0 Å². The highest BCUT2D eigenvalue weighted by molar-refractivity contribution is 7.17. The molecule has 2 heterocycles. The second-order valence-corrected chi connectivity index (χ2v) is 6.99. The molecule has 0 saturated carbocycles. The minimum atomic E-state index is -0.872. The van der Waals surface area contributed by atoms with Crippen LogP contribution in [0.15, 0.2) is 29.6 Å². The fraction of sp³-hybridized carbons (Fsp3) is 0.412. The number of aldehydes is 1. The number of nitrogens with two attached hydrogens (primary N) is 1. The molecule has 2 aromatic rings. The molecule has 0 bridgehead atoms. The van der Waals surface area contributed by atoms with Crippen LogP contribution in [0.4, 0.5) is 0 Å². The van der Waals surface area contributed by atoms with Crippen LogP contribution >= 0.6 is 11.3 Å². The van der Waals surface area contributed by atoms with Gasteiger partial charge in [-0.2, -0.15) is 0 Å². The topological polar surface area (TPSA) is 84.2 Å². The fourth-order valence-corrected chi connectivity index (χ4v) is 3.95. The number of thiophene rings is 1. The van der Waals surface area contributed by atoms with Gasteiger partial charge in [-0.05, 0) is 48.3 Å². The highest BCUT2D eigenvalue weighted by Crippen LogP contribution is 2.26. The molecule has 0 spiro atoms. The van der Waals surface area contributed by atoms with Crippen LogP contribution < -0.4 is 16.4 Å². The first kappa shape index (κ1) is 16.1. The van der Waals surface area contributed by atoms with Crippen LogP contribution in [-0.2, 0) is 16.0 Å². The highest BCUT2D eigenvalue weighted by atomic mass is 32.1. The molecule has 1 aromatic heterocycles. The third-order valence-corrected chi connectivity index (χ3v) is 5.44. The maximum absolute atomic E-state index is 12.5. The molecule has 1 amide bonds. The van der Waals surface area contributed by atoms with E-state index >= 15 is 0 Å². The number of carbonyl (C=O) groups is 2. The highest BCUT2D eigenvalue weighted by Gasteiger charge is 2.36. The van der Waals surface area contributed by atoms with Gasteiger partial charge in [0.2, 0.25) is 5.91 Å². The number of hydrogen-bond donors (Lipinski definition) is 3. The molecule has 0 radical (unpaired) electrons. The van der Waals surface area contributed by atoms with Crippen molar-refractivity contribution < 1.29 is 9.59 Å². The van der Waals surface area contributed by atoms with E-state index in [4.69, 9.17) is 5.73 Å². The maximum Gasteiger partial charge on any atom is 0.240 e. The van der Waals surface area contributed by atoms with E-state index in [1.807, 2.05) is 18.2 Å². The van der Waals surface area contributed by atoms with Crippen molar-refractivity contribution >= 4 is 33.6 Å². The van der Waals surface area contributed by atoms with Gasteiger partial charge in [-0.1, -0.05) is 18.2 Å². The average Bonchev–Trinajstić information content (AvgIpc) is 2.98. The van der Waals surface area contributed by atoms with Crippen LogP contribution in [0.2, 0.25) is 0 Å². The largest absolute Gasteiger partial charge is 0.345 e. The molecule has 6 heteroatoms. The molecule has 1 fully saturated rings. The lowest BCUT2D eigenvalue weighted by atomic mass is 9.88. The number of nitrogens with one attached hydrogen (secondary N) is 2. The van der Waals surface area contributed by atoms with Crippen molar-refractivity contribution in [3.63, 3.8) is 0 Å². The van der Waals surface area contributed by atoms with Gasteiger partial charge in [0, 0.05) is 11.1 Å². The summed E-state index contributed by atoms with van der Waals surface area (Å²) >= 11 is 1.65. The molecule has 4 N–H and O–H groups in total. The molecule has 23 heavy (non-hydrogen) atoms. The maximum atomic E-state index is 12.5. The number of benzene rings is 1. The Labute approximate surface area is 139 Å². The summed E-state index contributed by atoms with van der Waals surface area (Å²) in [4.78, 5) is 23.9. The summed E-state index contributed by atoms with van der Waals surface area (Å²) in [6.07, 6.45) is 2.47. The fourth-order valence-electron chi connectivity index (χ4n) is 2.97. The van der Waals surface area contributed by atoms with Crippen molar-refractivity contribution in [2.24, 2.45) is 5.73 Å². The molecule has 3 rings (SSSR count). The van der Waals surface area contributed by atoms with Crippen LogP contribution in [0.3, 0.4) is 0 Å². The smallest absolute Gasteiger partial charge is 0.240 e. The van der Waals surface area contributed by atoms with Crippen LogP contribution in [0.25, 0.3) is 10.1 Å². The van der Waals surface area contributed by atoms with Gasteiger partial charge < -0.3 is 21.2 Å². The monoisotopic (exact) mass is 331 g/mol. The minimum Gasteiger partial charge on any atom is -0.345 e. The first-order chi connectivity index (χ1) is 11.1. The second-order valence-electron chi connectivity index (χ2n) is 6.08. The standard InChI is InChI=1S/C17H21N3O2S/c18-17(5-7-19-8-6-17)16(22)20-13(10-21)9-12-11-23-15-4-2-1-3-14(12)15/h1-4,10-11,13,19H,5-9,18H2,(H,20,22)/t13-/m1/s1. The minimum absolute atomic E-state index is 0.226. The quantitative estimate of drug-likeness (QED) is 0.719. The first-order valence-electron chi connectivity index (χ1n) is 7.83. The Hall–Kier alpha value is -1.76. The summed E-state index contributed by atoms with van der Waals surface area (Å²) in [5.74, 6) is -0.226. The molecule has 1 saturated heterocycles. The molecular formula is C17H21N3O2S. The van der Waals surface area contributed by atoms with E-state index in [1.54, 1.807) is 11.3 Å². The summed E-state index contributed by atoms with van der Waals surface area (Å²) in [6.45, 7) is 1.45. The number of hydrogen-bond acceptors (Lipinski definition) is 5. The van der Waals surface area contributed by atoms with Gasteiger partial charge in [0.15, 0.2) is 0 Å². The Bertz CT molecular complexity index is 707. The average molecular weight is 331 g/mol.